The summed E-state index contributed by atoms with van der Waals surface area (Å²) in [6, 6.07) is 6.76. The Labute approximate surface area is 135 Å². The number of amides is 2. The Morgan fingerprint density at radius 1 is 1.09 bits per heavy atom. The van der Waals surface area contributed by atoms with Crippen molar-refractivity contribution < 1.29 is 19.1 Å². The van der Waals surface area contributed by atoms with E-state index in [2.05, 4.69) is 5.32 Å². The van der Waals surface area contributed by atoms with Crippen LogP contribution in [0.15, 0.2) is 24.3 Å². The van der Waals surface area contributed by atoms with Gasteiger partial charge in [0.15, 0.2) is 6.61 Å². The third kappa shape index (κ3) is 5.39. The molecule has 0 saturated carbocycles. The fourth-order valence-corrected chi connectivity index (χ4v) is 2.43. The number of hydrogen-bond acceptors (Lipinski definition) is 4. The van der Waals surface area contributed by atoms with Gasteiger partial charge in [-0.2, -0.15) is 0 Å². The maximum atomic E-state index is 11.9. The standard InChI is InChI=1S/C17H22N2O4/c1-13(20)18-11-14-5-7-15(8-6-14)17(22)23-12-16(21)19-9-3-2-4-10-19/h5-8H,2-4,9-12H2,1H3,(H,18,20). The van der Waals surface area contributed by atoms with E-state index in [0.29, 0.717) is 12.1 Å². The van der Waals surface area contributed by atoms with Crippen LogP contribution >= 0.6 is 0 Å². The lowest BCUT2D eigenvalue weighted by atomic mass is 10.1. The van der Waals surface area contributed by atoms with E-state index in [4.69, 9.17) is 4.74 Å². The molecule has 2 rings (SSSR count). The van der Waals surface area contributed by atoms with Gasteiger partial charge in [-0.15, -0.1) is 0 Å². The van der Waals surface area contributed by atoms with E-state index in [0.717, 1.165) is 37.9 Å². The number of nitrogens with zero attached hydrogens (tertiary/aromatic N) is 1. The molecule has 0 spiro atoms. The van der Waals surface area contributed by atoms with Crippen LogP contribution in [-0.2, 0) is 20.9 Å². The minimum absolute atomic E-state index is 0.107. The number of nitrogens with one attached hydrogen (secondary N) is 1. The Bertz CT molecular complexity index is 562. The summed E-state index contributed by atoms with van der Waals surface area (Å²) < 4.78 is 5.08. The van der Waals surface area contributed by atoms with Crippen LogP contribution in [0, 0.1) is 0 Å². The molecule has 1 aliphatic rings. The minimum Gasteiger partial charge on any atom is -0.452 e. The maximum absolute atomic E-state index is 11.9. The van der Waals surface area contributed by atoms with Crippen LogP contribution in [0.5, 0.6) is 0 Å². The smallest absolute Gasteiger partial charge is 0.338 e. The lowest BCUT2D eigenvalue weighted by Gasteiger charge is -2.26. The second kappa shape index (κ2) is 8.31. The van der Waals surface area contributed by atoms with Crippen LogP contribution in [-0.4, -0.2) is 42.4 Å². The zero-order valence-electron chi connectivity index (χ0n) is 13.3. The highest BCUT2D eigenvalue weighted by atomic mass is 16.5. The summed E-state index contributed by atoms with van der Waals surface area (Å²) in [5, 5.41) is 2.68. The molecule has 0 atom stereocenters. The van der Waals surface area contributed by atoms with Gasteiger partial charge in [0, 0.05) is 26.6 Å². The van der Waals surface area contributed by atoms with Gasteiger partial charge in [-0.1, -0.05) is 12.1 Å². The summed E-state index contributed by atoms with van der Waals surface area (Å²) >= 11 is 0. The van der Waals surface area contributed by atoms with Crippen LogP contribution in [0.2, 0.25) is 0 Å². The van der Waals surface area contributed by atoms with Crippen molar-refractivity contribution in [3.05, 3.63) is 35.4 Å². The van der Waals surface area contributed by atoms with Gasteiger partial charge in [0.2, 0.25) is 5.91 Å². The van der Waals surface area contributed by atoms with Crippen molar-refractivity contribution in [2.75, 3.05) is 19.7 Å². The summed E-state index contributed by atoms with van der Waals surface area (Å²) in [5.41, 5.74) is 1.28. The summed E-state index contributed by atoms with van der Waals surface area (Å²) in [6.07, 6.45) is 3.17. The van der Waals surface area contributed by atoms with E-state index >= 15 is 0 Å². The molecule has 1 aromatic carbocycles. The first-order valence-corrected chi connectivity index (χ1v) is 7.84. The SMILES string of the molecule is CC(=O)NCc1ccc(C(=O)OCC(=O)N2CCCCC2)cc1. The number of likely N-dealkylation sites (tertiary alicyclic amines) is 1. The average Bonchev–Trinajstić information content (AvgIpc) is 2.58. The number of benzene rings is 1. The predicted octanol–water partition coefficient (Wildman–Crippen LogP) is 1.49. The third-order valence-electron chi connectivity index (χ3n) is 3.77. The van der Waals surface area contributed by atoms with Crippen molar-refractivity contribution in [3.8, 4) is 0 Å². The molecular formula is C17H22N2O4. The fraction of sp³-hybridized carbons (Fsp3) is 0.471. The molecule has 1 aliphatic heterocycles. The van der Waals surface area contributed by atoms with Gasteiger partial charge in [-0.05, 0) is 37.0 Å². The maximum Gasteiger partial charge on any atom is 0.338 e. The molecule has 124 valence electrons. The van der Waals surface area contributed by atoms with Gasteiger partial charge < -0.3 is 15.0 Å². The summed E-state index contributed by atoms with van der Waals surface area (Å²) in [4.78, 5) is 36.5. The lowest BCUT2D eigenvalue weighted by Crippen LogP contribution is -2.38. The molecule has 2 amide bonds. The van der Waals surface area contributed by atoms with Crippen LogP contribution in [0.4, 0.5) is 0 Å². The van der Waals surface area contributed by atoms with Crippen molar-refractivity contribution >= 4 is 17.8 Å². The van der Waals surface area contributed by atoms with E-state index in [-0.39, 0.29) is 18.4 Å². The van der Waals surface area contributed by atoms with E-state index in [9.17, 15) is 14.4 Å². The molecular weight excluding hydrogens is 296 g/mol. The first kappa shape index (κ1) is 17.0. The van der Waals surface area contributed by atoms with Crippen molar-refractivity contribution in [2.24, 2.45) is 0 Å². The highest BCUT2D eigenvalue weighted by molar-refractivity contribution is 5.91. The monoisotopic (exact) mass is 318 g/mol. The van der Waals surface area contributed by atoms with Crippen LogP contribution in [0.3, 0.4) is 0 Å². The summed E-state index contributed by atoms with van der Waals surface area (Å²) in [5.74, 6) is -0.758. The number of hydrogen-bond donors (Lipinski definition) is 1. The molecule has 0 radical (unpaired) electrons. The number of carbonyl (C=O) groups excluding carboxylic acids is 3. The Morgan fingerprint density at radius 2 is 1.74 bits per heavy atom. The molecule has 1 aromatic rings. The first-order chi connectivity index (χ1) is 11.1. The number of rotatable bonds is 5. The molecule has 1 heterocycles. The van der Waals surface area contributed by atoms with Crippen LogP contribution in [0.1, 0.15) is 42.1 Å². The second-order valence-corrected chi connectivity index (χ2v) is 5.62. The minimum atomic E-state index is -0.513. The van der Waals surface area contributed by atoms with Crippen LogP contribution in [0.25, 0.3) is 0 Å². The Morgan fingerprint density at radius 3 is 2.35 bits per heavy atom. The molecule has 6 heteroatoms. The Balaban J connectivity index is 1.80. The van der Waals surface area contributed by atoms with Crippen molar-refractivity contribution in [3.63, 3.8) is 0 Å². The van der Waals surface area contributed by atoms with Crippen LogP contribution < -0.4 is 5.32 Å². The quantitative estimate of drug-likeness (QED) is 0.835. The van der Waals surface area contributed by atoms with Gasteiger partial charge in [0.05, 0.1) is 5.56 Å². The topological polar surface area (TPSA) is 75.7 Å². The largest absolute Gasteiger partial charge is 0.452 e. The number of piperidine rings is 1. The number of carbonyl (C=O) groups is 3. The third-order valence-corrected chi connectivity index (χ3v) is 3.77. The van der Waals surface area contributed by atoms with Gasteiger partial charge >= 0.3 is 5.97 Å². The average molecular weight is 318 g/mol. The lowest BCUT2D eigenvalue weighted by molar-refractivity contribution is -0.135. The molecule has 0 unspecified atom stereocenters. The fourth-order valence-electron chi connectivity index (χ4n) is 2.43. The highest BCUT2D eigenvalue weighted by Crippen LogP contribution is 2.10. The zero-order valence-corrected chi connectivity index (χ0v) is 13.3. The van der Waals surface area contributed by atoms with Gasteiger partial charge in [0.1, 0.15) is 0 Å². The van der Waals surface area contributed by atoms with E-state index in [1.54, 1.807) is 29.2 Å². The van der Waals surface area contributed by atoms with Gasteiger partial charge in [-0.25, -0.2) is 4.79 Å². The highest BCUT2D eigenvalue weighted by Gasteiger charge is 2.18. The molecule has 6 nitrogen and oxygen atoms in total. The molecule has 23 heavy (non-hydrogen) atoms. The van der Waals surface area contributed by atoms with E-state index < -0.39 is 5.97 Å². The molecule has 0 bridgehead atoms. The molecule has 1 fully saturated rings. The molecule has 0 aliphatic carbocycles. The van der Waals surface area contributed by atoms with Gasteiger partial charge in [-0.3, -0.25) is 9.59 Å². The second-order valence-electron chi connectivity index (χ2n) is 5.62. The number of esters is 1. The van der Waals surface area contributed by atoms with Crippen molar-refractivity contribution in [2.45, 2.75) is 32.7 Å². The Kier molecular flexibility index (Phi) is 6.14. The van der Waals surface area contributed by atoms with E-state index in [1.165, 1.54) is 6.92 Å². The van der Waals surface area contributed by atoms with Gasteiger partial charge in [0.25, 0.3) is 5.91 Å². The van der Waals surface area contributed by atoms with Crippen molar-refractivity contribution in [1.82, 2.24) is 10.2 Å². The summed E-state index contributed by atoms with van der Waals surface area (Å²) in [6.45, 7) is 3.14. The summed E-state index contributed by atoms with van der Waals surface area (Å²) in [7, 11) is 0. The Hall–Kier alpha value is -2.37. The number of ether oxygens (including phenoxy) is 1. The molecule has 1 N–H and O–H groups in total. The molecule has 0 aromatic heterocycles. The van der Waals surface area contributed by atoms with Crippen molar-refractivity contribution in [1.29, 1.82) is 0 Å². The zero-order chi connectivity index (χ0) is 16.7. The first-order valence-electron chi connectivity index (χ1n) is 7.84. The molecule has 1 saturated heterocycles. The predicted molar refractivity (Wildman–Crippen MR) is 84.7 cm³/mol. The van der Waals surface area contributed by atoms with E-state index in [1.807, 2.05) is 0 Å². The normalized spacial score (nSPS) is 14.2.